The number of thiazole rings is 2. The Kier molecular flexibility index (Phi) is 7.65. The highest BCUT2D eigenvalue weighted by Crippen LogP contribution is 2.18. The van der Waals surface area contributed by atoms with Crippen LogP contribution in [-0.2, 0) is 25.8 Å². The van der Waals surface area contributed by atoms with Crippen LogP contribution in [0, 0.1) is 6.92 Å². The lowest BCUT2D eigenvalue weighted by molar-refractivity contribution is 0.793. The van der Waals surface area contributed by atoms with Crippen LogP contribution in [0.3, 0.4) is 0 Å². The van der Waals surface area contributed by atoms with E-state index in [1.165, 1.54) is 20.5 Å². The third-order valence-electron chi connectivity index (χ3n) is 3.57. The van der Waals surface area contributed by atoms with Gasteiger partial charge in [-0.05, 0) is 26.7 Å². The van der Waals surface area contributed by atoms with Crippen LogP contribution >= 0.6 is 22.7 Å². The van der Waals surface area contributed by atoms with Gasteiger partial charge < -0.3 is 10.6 Å². The molecule has 0 atom stereocenters. The minimum atomic E-state index is 0.621. The van der Waals surface area contributed by atoms with Crippen LogP contribution in [0.5, 0.6) is 0 Å². The second kappa shape index (κ2) is 9.74. The largest absolute Gasteiger partial charge is 0.357 e. The molecule has 0 unspecified atom stereocenters. The molecule has 0 saturated carbocycles. The third kappa shape index (κ3) is 5.56. The van der Waals surface area contributed by atoms with Crippen molar-refractivity contribution in [2.24, 2.45) is 4.99 Å². The summed E-state index contributed by atoms with van der Waals surface area (Å²) in [4.78, 5) is 16.4. The molecule has 0 aromatic carbocycles. The van der Waals surface area contributed by atoms with E-state index in [2.05, 4.69) is 53.3 Å². The Bertz CT molecular complexity index is 660. The molecule has 0 fully saturated rings. The van der Waals surface area contributed by atoms with Gasteiger partial charge in [-0.25, -0.2) is 15.0 Å². The van der Waals surface area contributed by atoms with E-state index < -0.39 is 0 Å². The van der Waals surface area contributed by atoms with E-state index in [4.69, 9.17) is 0 Å². The second-order valence-corrected chi connectivity index (χ2v) is 7.90. The molecule has 2 aromatic heterocycles. The van der Waals surface area contributed by atoms with Gasteiger partial charge >= 0.3 is 0 Å². The van der Waals surface area contributed by atoms with Gasteiger partial charge in [-0.15, -0.1) is 22.7 Å². The molecule has 0 aliphatic carbocycles. The molecule has 132 valence electrons. The molecule has 7 heteroatoms. The maximum absolute atomic E-state index is 4.69. The second-order valence-electron chi connectivity index (χ2n) is 5.41. The first-order valence-electron chi connectivity index (χ1n) is 8.57. The fraction of sp³-hybridized carbons (Fsp3) is 0.588. The summed E-state index contributed by atoms with van der Waals surface area (Å²) in [6, 6.07) is 0. The predicted molar refractivity (Wildman–Crippen MR) is 104 cm³/mol. The molecular formula is C17H27N5S2. The zero-order valence-corrected chi connectivity index (χ0v) is 16.6. The summed E-state index contributed by atoms with van der Waals surface area (Å²) in [5, 5.41) is 8.93. The maximum atomic E-state index is 4.69. The quantitative estimate of drug-likeness (QED) is 0.556. The van der Waals surface area contributed by atoms with Crippen LogP contribution in [0.15, 0.2) is 11.2 Å². The highest BCUT2D eigenvalue weighted by atomic mass is 32.1. The van der Waals surface area contributed by atoms with Crippen molar-refractivity contribution >= 4 is 28.6 Å². The van der Waals surface area contributed by atoms with Crippen molar-refractivity contribution in [3.05, 3.63) is 31.7 Å². The molecule has 2 rings (SSSR count). The fourth-order valence-corrected chi connectivity index (χ4v) is 4.09. The summed E-state index contributed by atoms with van der Waals surface area (Å²) in [5.41, 5.74) is 1.23. The van der Waals surface area contributed by atoms with Gasteiger partial charge in [0, 0.05) is 35.5 Å². The lowest BCUT2D eigenvalue weighted by atomic mass is 10.3. The van der Waals surface area contributed by atoms with Crippen molar-refractivity contribution in [2.45, 2.75) is 53.5 Å². The number of guanidine groups is 1. The smallest absolute Gasteiger partial charge is 0.191 e. The van der Waals surface area contributed by atoms with Gasteiger partial charge in [0.2, 0.25) is 0 Å². The SMILES string of the molecule is CCNC(=NCc1ncc(CC)s1)NCCc1nc(CC)c(C)s1. The van der Waals surface area contributed by atoms with E-state index in [9.17, 15) is 0 Å². The summed E-state index contributed by atoms with van der Waals surface area (Å²) in [6.07, 6.45) is 4.92. The van der Waals surface area contributed by atoms with Crippen molar-refractivity contribution < 1.29 is 0 Å². The number of aryl methyl sites for hydroxylation is 3. The monoisotopic (exact) mass is 365 g/mol. The molecule has 5 nitrogen and oxygen atoms in total. The van der Waals surface area contributed by atoms with Crippen molar-refractivity contribution in [3.8, 4) is 0 Å². The Morgan fingerprint density at radius 3 is 2.58 bits per heavy atom. The van der Waals surface area contributed by atoms with E-state index in [0.717, 1.165) is 43.3 Å². The van der Waals surface area contributed by atoms with E-state index in [0.29, 0.717) is 6.54 Å². The standard InChI is InChI=1S/C17H27N5S2/c1-5-13-10-20-16(24-13)11-21-17(18-7-3)19-9-8-15-22-14(6-2)12(4)23-15/h10H,5-9,11H2,1-4H3,(H2,18,19,21). The molecule has 0 saturated heterocycles. The Hall–Kier alpha value is -1.47. The Balaban J connectivity index is 1.86. The van der Waals surface area contributed by atoms with Crippen LogP contribution in [0.2, 0.25) is 0 Å². The van der Waals surface area contributed by atoms with Crippen LogP contribution in [0.4, 0.5) is 0 Å². The van der Waals surface area contributed by atoms with E-state index in [1.807, 2.05) is 6.20 Å². The third-order valence-corrected chi connectivity index (χ3v) is 5.77. The molecular weight excluding hydrogens is 338 g/mol. The molecule has 24 heavy (non-hydrogen) atoms. The van der Waals surface area contributed by atoms with E-state index >= 15 is 0 Å². The first kappa shape index (κ1) is 18.9. The number of hydrogen-bond acceptors (Lipinski definition) is 5. The van der Waals surface area contributed by atoms with Crippen LogP contribution < -0.4 is 10.6 Å². The molecule has 0 spiro atoms. The summed E-state index contributed by atoms with van der Waals surface area (Å²) in [5.74, 6) is 0.842. The first-order chi connectivity index (χ1) is 11.7. The van der Waals surface area contributed by atoms with Crippen molar-refractivity contribution in [3.63, 3.8) is 0 Å². The van der Waals surface area contributed by atoms with Crippen molar-refractivity contribution in [1.82, 2.24) is 20.6 Å². The minimum absolute atomic E-state index is 0.621. The maximum Gasteiger partial charge on any atom is 0.191 e. The van der Waals surface area contributed by atoms with E-state index in [1.54, 1.807) is 22.7 Å². The summed E-state index contributed by atoms with van der Waals surface area (Å²) in [7, 11) is 0. The number of nitrogens with zero attached hydrogens (tertiary/aromatic N) is 3. The molecule has 2 aromatic rings. The highest BCUT2D eigenvalue weighted by molar-refractivity contribution is 7.11. The lowest BCUT2D eigenvalue weighted by Crippen LogP contribution is -2.38. The summed E-state index contributed by atoms with van der Waals surface area (Å²) >= 11 is 3.54. The number of hydrogen-bond donors (Lipinski definition) is 2. The molecule has 0 radical (unpaired) electrons. The zero-order valence-electron chi connectivity index (χ0n) is 15.0. The molecule has 0 bridgehead atoms. The predicted octanol–water partition coefficient (Wildman–Crippen LogP) is 3.33. The summed E-state index contributed by atoms with van der Waals surface area (Å²) < 4.78 is 0. The number of rotatable bonds is 8. The zero-order chi connectivity index (χ0) is 17.4. The van der Waals surface area contributed by atoms with Crippen molar-refractivity contribution in [2.75, 3.05) is 13.1 Å². The van der Waals surface area contributed by atoms with Gasteiger partial charge in [0.25, 0.3) is 0 Å². The molecule has 0 amide bonds. The number of nitrogens with one attached hydrogen (secondary N) is 2. The van der Waals surface area contributed by atoms with Gasteiger partial charge in [-0.2, -0.15) is 0 Å². The van der Waals surface area contributed by atoms with Gasteiger partial charge in [0.05, 0.1) is 17.2 Å². The Morgan fingerprint density at radius 1 is 1.12 bits per heavy atom. The highest BCUT2D eigenvalue weighted by Gasteiger charge is 2.06. The van der Waals surface area contributed by atoms with Crippen LogP contribution in [-0.4, -0.2) is 29.0 Å². The first-order valence-corrected chi connectivity index (χ1v) is 10.2. The minimum Gasteiger partial charge on any atom is -0.357 e. The normalized spacial score (nSPS) is 11.8. The van der Waals surface area contributed by atoms with Gasteiger partial charge in [-0.3, -0.25) is 0 Å². The average molecular weight is 366 g/mol. The van der Waals surface area contributed by atoms with Gasteiger partial charge in [0.1, 0.15) is 5.01 Å². The van der Waals surface area contributed by atoms with Crippen LogP contribution in [0.25, 0.3) is 0 Å². The summed E-state index contributed by atoms with van der Waals surface area (Å²) in [6.45, 7) is 10.8. The van der Waals surface area contributed by atoms with Gasteiger partial charge in [-0.1, -0.05) is 13.8 Å². The Morgan fingerprint density at radius 2 is 1.96 bits per heavy atom. The topological polar surface area (TPSA) is 62.2 Å². The van der Waals surface area contributed by atoms with E-state index in [-0.39, 0.29) is 0 Å². The fourth-order valence-electron chi connectivity index (χ4n) is 2.28. The molecule has 2 N–H and O–H groups in total. The molecule has 0 aliphatic heterocycles. The lowest BCUT2D eigenvalue weighted by Gasteiger charge is -2.10. The molecule has 0 aliphatic rings. The number of aromatic nitrogens is 2. The van der Waals surface area contributed by atoms with Crippen LogP contribution in [0.1, 0.15) is 46.2 Å². The molecule has 2 heterocycles. The van der Waals surface area contributed by atoms with Gasteiger partial charge in [0.15, 0.2) is 5.96 Å². The van der Waals surface area contributed by atoms with Crippen molar-refractivity contribution in [1.29, 1.82) is 0 Å². The average Bonchev–Trinajstić information content (AvgIpc) is 3.18. The number of aliphatic imine (C=N–C) groups is 1. The Labute approximate surface area is 152 Å².